The summed E-state index contributed by atoms with van der Waals surface area (Å²) in [5.74, 6) is 1.50. The summed E-state index contributed by atoms with van der Waals surface area (Å²) in [6, 6.07) is 28.3. The number of nitrogens with one attached hydrogen (secondary N) is 2. The maximum absolute atomic E-state index is 11.3. The molecule has 9 nitrogen and oxygen atoms in total. The van der Waals surface area contributed by atoms with Gasteiger partial charge in [-0.1, -0.05) is 37.6 Å². The molecule has 0 unspecified atom stereocenters. The van der Waals surface area contributed by atoms with Gasteiger partial charge >= 0.3 is 0 Å². The molecular weight excluding hydrogens is 649 g/mol. The Balaban J connectivity index is 1.32. The van der Waals surface area contributed by atoms with Crippen LogP contribution in [0.3, 0.4) is 0 Å². The Kier molecular flexibility index (Phi) is 9.64. The summed E-state index contributed by atoms with van der Waals surface area (Å²) in [6.07, 6.45) is 11.7. The number of aromatic amines is 2. The summed E-state index contributed by atoms with van der Waals surface area (Å²) >= 11 is 0. The molecule has 0 aliphatic carbocycles. The molecule has 2 aliphatic rings. The van der Waals surface area contributed by atoms with Gasteiger partial charge in [0, 0.05) is 39.6 Å². The number of hydrogen-bond donors (Lipinski definition) is 2. The van der Waals surface area contributed by atoms with E-state index >= 15 is 0 Å². The molecule has 3 aromatic heterocycles. The van der Waals surface area contributed by atoms with Crippen molar-refractivity contribution in [3.63, 3.8) is 0 Å². The Bertz CT molecular complexity index is 2370. The SMILES string of the molecule is CCCCOc1cccc(-c2c3nc(cc4ccc([nH]4)c(-c4cccc(OCCCOS(C)(=O)=O)c4)c4nc(cc5ccc2[nH]5)C=C4)C=C3)c1. The molecule has 2 N–H and O–H groups in total. The maximum atomic E-state index is 11.3. The van der Waals surface area contributed by atoms with Crippen LogP contribution in [0.4, 0.5) is 0 Å². The Hall–Kier alpha value is -5.45. The normalized spacial score (nSPS) is 12.4. The second-order valence-electron chi connectivity index (χ2n) is 12.2. The van der Waals surface area contributed by atoms with Crippen LogP contribution in [0.15, 0.2) is 84.9 Å². The number of nitrogens with zero attached hydrogens (tertiary/aromatic N) is 2. The fourth-order valence-electron chi connectivity index (χ4n) is 5.96. The minimum atomic E-state index is -3.48. The van der Waals surface area contributed by atoms with Gasteiger partial charge in [0.15, 0.2) is 0 Å². The van der Waals surface area contributed by atoms with Gasteiger partial charge in [-0.05, 0) is 103 Å². The van der Waals surface area contributed by atoms with Crippen molar-refractivity contribution in [2.75, 3.05) is 26.1 Å². The Morgan fingerprint density at radius 3 is 1.64 bits per heavy atom. The Morgan fingerprint density at radius 1 is 0.620 bits per heavy atom. The molecule has 2 aromatic carbocycles. The van der Waals surface area contributed by atoms with Crippen molar-refractivity contribution in [1.82, 2.24) is 19.9 Å². The van der Waals surface area contributed by atoms with Gasteiger partial charge in [-0.25, -0.2) is 9.97 Å². The smallest absolute Gasteiger partial charge is 0.264 e. The highest BCUT2D eigenvalue weighted by atomic mass is 32.2. The van der Waals surface area contributed by atoms with Crippen LogP contribution < -0.4 is 9.47 Å². The van der Waals surface area contributed by atoms with Crippen LogP contribution in [-0.4, -0.2) is 54.4 Å². The molecule has 8 bridgehead atoms. The molecule has 10 heteroatoms. The molecule has 5 aromatic rings. The van der Waals surface area contributed by atoms with Gasteiger partial charge in [-0.3, -0.25) is 4.18 Å². The molecule has 50 heavy (non-hydrogen) atoms. The van der Waals surface area contributed by atoms with E-state index < -0.39 is 10.1 Å². The molecule has 0 saturated carbocycles. The highest BCUT2D eigenvalue weighted by molar-refractivity contribution is 7.85. The summed E-state index contributed by atoms with van der Waals surface area (Å²) in [7, 11) is -3.48. The Morgan fingerprint density at radius 2 is 1.14 bits per heavy atom. The van der Waals surface area contributed by atoms with Crippen molar-refractivity contribution in [2.45, 2.75) is 26.2 Å². The number of aromatic nitrogens is 4. The molecule has 0 fully saturated rings. The average molecular weight is 687 g/mol. The zero-order valence-electron chi connectivity index (χ0n) is 28.0. The van der Waals surface area contributed by atoms with Gasteiger partial charge in [0.25, 0.3) is 10.1 Å². The molecule has 5 heterocycles. The van der Waals surface area contributed by atoms with Gasteiger partial charge in [-0.2, -0.15) is 8.42 Å². The van der Waals surface area contributed by atoms with Crippen molar-refractivity contribution in [3.05, 3.63) is 108 Å². The minimum absolute atomic E-state index is 0.0665. The number of ether oxygens (including phenoxy) is 2. The third-order valence-electron chi connectivity index (χ3n) is 8.26. The lowest BCUT2D eigenvalue weighted by Crippen LogP contribution is -2.07. The predicted molar refractivity (Wildman–Crippen MR) is 201 cm³/mol. The summed E-state index contributed by atoms with van der Waals surface area (Å²) in [6.45, 7) is 3.22. The van der Waals surface area contributed by atoms with Crippen LogP contribution in [0.1, 0.15) is 49.0 Å². The van der Waals surface area contributed by atoms with E-state index in [-0.39, 0.29) is 6.61 Å². The van der Waals surface area contributed by atoms with Crippen LogP contribution >= 0.6 is 0 Å². The molecule has 254 valence electrons. The number of unbranched alkanes of at least 4 members (excludes halogenated alkanes) is 1. The topological polar surface area (TPSA) is 119 Å². The fourth-order valence-corrected chi connectivity index (χ4v) is 6.38. The van der Waals surface area contributed by atoms with E-state index in [1.165, 1.54) is 0 Å². The van der Waals surface area contributed by atoms with Crippen LogP contribution in [0.5, 0.6) is 11.5 Å². The lowest BCUT2D eigenvalue weighted by molar-refractivity contribution is 0.252. The number of benzene rings is 2. The third-order valence-corrected chi connectivity index (χ3v) is 8.86. The minimum Gasteiger partial charge on any atom is -0.494 e. The van der Waals surface area contributed by atoms with Crippen molar-refractivity contribution >= 4 is 56.5 Å². The van der Waals surface area contributed by atoms with Crippen molar-refractivity contribution < 1.29 is 22.1 Å². The van der Waals surface area contributed by atoms with Gasteiger partial charge in [0.2, 0.25) is 0 Å². The van der Waals surface area contributed by atoms with E-state index in [0.717, 1.165) is 91.9 Å². The van der Waals surface area contributed by atoms with Crippen LogP contribution in [-0.2, 0) is 14.3 Å². The van der Waals surface area contributed by atoms with Crippen molar-refractivity contribution in [1.29, 1.82) is 0 Å². The number of H-pyrrole nitrogens is 2. The van der Waals surface area contributed by atoms with Crippen molar-refractivity contribution in [3.8, 4) is 33.8 Å². The highest BCUT2D eigenvalue weighted by Crippen LogP contribution is 2.34. The van der Waals surface area contributed by atoms with E-state index in [1.54, 1.807) is 0 Å². The van der Waals surface area contributed by atoms with E-state index in [2.05, 4.69) is 53.3 Å². The second kappa shape index (κ2) is 14.6. The zero-order chi connectivity index (χ0) is 34.5. The third kappa shape index (κ3) is 7.88. The van der Waals surface area contributed by atoms with Gasteiger partial charge < -0.3 is 19.4 Å². The first kappa shape index (κ1) is 33.1. The highest BCUT2D eigenvalue weighted by Gasteiger charge is 2.14. The first-order valence-electron chi connectivity index (χ1n) is 16.7. The van der Waals surface area contributed by atoms with E-state index in [4.69, 9.17) is 23.6 Å². The molecule has 0 saturated heterocycles. The predicted octanol–water partition coefficient (Wildman–Crippen LogP) is 8.91. The molecule has 0 atom stereocenters. The summed E-state index contributed by atoms with van der Waals surface area (Å²) in [4.78, 5) is 17.3. The van der Waals surface area contributed by atoms with Crippen LogP contribution in [0.25, 0.3) is 68.6 Å². The number of hydrogen-bond acceptors (Lipinski definition) is 7. The molecule has 0 amide bonds. The van der Waals surface area contributed by atoms with E-state index in [0.29, 0.717) is 25.4 Å². The second-order valence-corrected chi connectivity index (χ2v) is 13.8. The van der Waals surface area contributed by atoms with Crippen molar-refractivity contribution in [2.24, 2.45) is 0 Å². The molecule has 0 radical (unpaired) electrons. The Labute approximate surface area is 291 Å². The largest absolute Gasteiger partial charge is 0.494 e. The van der Waals surface area contributed by atoms with Gasteiger partial charge in [0.1, 0.15) is 11.5 Å². The molecular formula is C40H38N4O5S. The number of rotatable bonds is 12. The van der Waals surface area contributed by atoms with Gasteiger partial charge in [0.05, 0.1) is 48.9 Å². The quantitative estimate of drug-likeness (QED) is 0.0973. The first-order valence-corrected chi connectivity index (χ1v) is 18.5. The summed E-state index contributed by atoms with van der Waals surface area (Å²) < 4.78 is 39.4. The lowest BCUT2D eigenvalue weighted by atomic mass is 10.0. The molecule has 0 spiro atoms. The average Bonchev–Trinajstić information content (AvgIpc) is 3.92. The molecule has 2 aliphatic heterocycles. The zero-order valence-corrected chi connectivity index (χ0v) is 28.8. The fraction of sp³-hybridized carbons (Fsp3) is 0.200. The van der Waals surface area contributed by atoms with Crippen LogP contribution in [0.2, 0.25) is 0 Å². The molecule has 7 rings (SSSR count). The van der Waals surface area contributed by atoms with E-state index in [9.17, 15) is 8.42 Å². The monoisotopic (exact) mass is 686 g/mol. The maximum Gasteiger partial charge on any atom is 0.264 e. The number of fused-ring (bicyclic) bond motifs is 8. The lowest BCUT2D eigenvalue weighted by Gasteiger charge is -2.09. The van der Waals surface area contributed by atoms with E-state index in [1.807, 2.05) is 72.8 Å². The van der Waals surface area contributed by atoms with Gasteiger partial charge in [-0.15, -0.1) is 0 Å². The summed E-state index contributed by atoms with van der Waals surface area (Å²) in [5.41, 5.74) is 10.8. The van der Waals surface area contributed by atoms with Crippen LogP contribution in [0, 0.1) is 0 Å². The standard InChI is InChI=1S/C40H38N4O5S/c1-3-4-20-47-33-10-5-8-27(23-33)39-35-16-12-29(41-35)25-31-14-18-37(43-31)40(38-19-15-32(44-38)26-30-13-17-36(39)42-30)28-9-6-11-34(24-28)48-21-7-22-49-50(2,45)46/h5-6,8-19,23-26,41,44H,3-4,7,20-22H2,1-2H3. The summed E-state index contributed by atoms with van der Waals surface area (Å²) in [5, 5.41) is 0. The first-order chi connectivity index (χ1) is 24.3.